The molecule has 170 valence electrons. The van der Waals surface area contributed by atoms with Gasteiger partial charge in [-0.05, 0) is 39.2 Å². The minimum absolute atomic E-state index is 0.109. The minimum atomic E-state index is -4.57. The molecule has 2 aromatic rings. The molecular formula is C21H27F4N5O. The van der Waals surface area contributed by atoms with Gasteiger partial charge in [-0.2, -0.15) is 18.3 Å². The van der Waals surface area contributed by atoms with Gasteiger partial charge in [0, 0.05) is 54.7 Å². The lowest BCUT2D eigenvalue weighted by atomic mass is 10.0. The summed E-state index contributed by atoms with van der Waals surface area (Å²) in [6.45, 7) is 5.58. The van der Waals surface area contributed by atoms with E-state index in [9.17, 15) is 17.6 Å². The quantitative estimate of drug-likeness (QED) is 0.650. The van der Waals surface area contributed by atoms with Crippen LogP contribution in [0.5, 0.6) is 0 Å². The van der Waals surface area contributed by atoms with E-state index in [1.165, 1.54) is 12.4 Å². The van der Waals surface area contributed by atoms with Gasteiger partial charge < -0.3 is 4.74 Å². The SMILES string of the molecule is CC(C)n1nc(-c2cnc(C(F)(F)F)nc2)cc1[C@H]1CCC(N2CCO[C@H](CF)C2)C1. The van der Waals surface area contributed by atoms with Gasteiger partial charge in [0.25, 0.3) is 0 Å². The van der Waals surface area contributed by atoms with Crippen molar-refractivity contribution in [3.8, 4) is 11.3 Å². The Hall–Kier alpha value is -2.07. The van der Waals surface area contributed by atoms with Crippen molar-refractivity contribution < 1.29 is 22.3 Å². The van der Waals surface area contributed by atoms with E-state index in [1.54, 1.807) is 0 Å². The van der Waals surface area contributed by atoms with Crippen LogP contribution in [0.25, 0.3) is 11.3 Å². The molecule has 2 aliphatic rings. The summed E-state index contributed by atoms with van der Waals surface area (Å²) in [5, 5.41) is 4.65. The highest BCUT2D eigenvalue weighted by molar-refractivity contribution is 5.57. The Morgan fingerprint density at radius 2 is 1.94 bits per heavy atom. The van der Waals surface area contributed by atoms with E-state index in [4.69, 9.17) is 4.74 Å². The maximum absolute atomic E-state index is 13.0. The molecule has 3 atom stereocenters. The number of halogens is 4. The van der Waals surface area contributed by atoms with Crippen molar-refractivity contribution in [1.82, 2.24) is 24.6 Å². The van der Waals surface area contributed by atoms with Gasteiger partial charge in [-0.15, -0.1) is 0 Å². The van der Waals surface area contributed by atoms with E-state index in [2.05, 4.69) is 20.0 Å². The topological polar surface area (TPSA) is 56.1 Å². The van der Waals surface area contributed by atoms with Crippen LogP contribution >= 0.6 is 0 Å². The first-order chi connectivity index (χ1) is 14.8. The molecule has 10 heteroatoms. The van der Waals surface area contributed by atoms with Crippen LogP contribution in [0.2, 0.25) is 0 Å². The van der Waals surface area contributed by atoms with Crippen molar-refractivity contribution in [2.24, 2.45) is 0 Å². The van der Waals surface area contributed by atoms with E-state index in [0.29, 0.717) is 30.5 Å². The Labute approximate surface area is 178 Å². The van der Waals surface area contributed by atoms with E-state index in [-0.39, 0.29) is 18.1 Å². The van der Waals surface area contributed by atoms with Gasteiger partial charge >= 0.3 is 6.18 Å². The third-order valence-electron chi connectivity index (χ3n) is 6.14. The smallest absolute Gasteiger partial charge is 0.373 e. The average molecular weight is 441 g/mol. The Balaban J connectivity index is 1.53. The number of aromatic nitrogens is 4. The van der Waals surface area contributed by atoms with E-state index < -0.39 is 18.7 Å². The van der Waals surface area contributed by atoms with E-state index >= 15 is 0 Å². The Kier molecular flexibility index (Phi) is 6.30. The highest BCUT2D eigenvalue weighted by Gasteiger charge is 2.36. The maximum Gasteiger partial charge on any atom is 0.451 e. The molecule has 0 spiro atoms. The molecule has 0 radical (unpaired) electrons. The molecular weight excluding hydrogens is 414 g/mol. The molecule has 31 heavy (non-hydrogen) atoms. The second-order valence-corrected chi connectivity index (χ2v) is 8.59. The zero-order chi connectivity index (χ0) is 22.2. The van der Waals surface area contributed by atoms with Crippen molar-refractivity contribution in [2.75, 3.05) is 26.4 Å². The first kappa shape index (κ1) is 22.1. The second-order valence-electron chi connectivity index (χ2n) is 8.59. The zero-order valence-corrected chi connectivity index (χ0v) is 17.6. The van der Waals surface area contributed by atoms with Gasteiger partial charge in [0.2, 0.25) is 5.82 Å². The van der Waals surface area contributed by atoms with Crippen LogP contribution in [0, 0.1) is 0 Å². The van der Waals surface area contributed by atoms with E-state index in [1.807, 2.05) is 24.6 Å². The monoisotopic (exact) mass is 441 g/mol. The molecule has 4 rings (SSSR count). The van der Waals surface area contributed by atoms with Gasteiger partial charge in [-0.25, -0.2) is 14.4 Å². The summed E-state index contributed by atoms with van der Waals surface area (Å²) >= 11 is 0. The zero-order valence-electron chi connectivity index (χ0n) is 17.6. The second kappa shape index (κ2) is 8.82. The molecule has 0 bridgehead atoms. The summed E-state index contributed by atoms with van der Waals surface area (Å²) in [7, 11) is 0. The fourth-order valence-electron chi connectivity index (χ4n) is 4.60. The average Bonchev–Trinajstić information content (AvgIpc) is 3.41. The molecule has 0 N–H and O–H groups in total. The molecule has 3 heterocycles. The molecule has 1 aliphatic heterocycles. The Bertz CT molecular complexity index is 883. The largest absolute Gasteiger partial charge is 0.451 e. The molecule has 1 saturated heterocycles. The predicted octanol–water partition coefficient (Wildman–Crippen LogP) is 4.25. The van der Waals surface area contributed by atoms with Crippen LogP contribution in [0.1, 0.15) is 56.6 Å². The van der Waals surface area contributed by atoms with E-state index in [0.717, 1.165) is 31.5 Å². The number of ether oxygens (including phenoxy) is 1. The molecule has 1 saturated carbocycles. The lowest BCUT2D eigenvalue weighted by Crippen LogP contribution is -2.47. The normalized spacial score (nSPS) is 25.5. The fourth-order valence-corrected chi connectivity index (χ4v) is 4.60. The predicted molar refractivity (Wildman–Crippen MR) is 106 cm³/mol. The molecule has 1 unspecified atom stereocenters. The highest BCUT2D eigenvalue weighted by atomic mass is 19.4. The van der Waals surface area contributed by atoms with Crippen molar-refractivity contribution in [2.45, 2.75) is 63.4 Å². The third kappa shape index (κ3) is 4.74. The summed E-state index contributed by atoms with van der Waals surface area (Å²) in [5.41, 5.74) is 2.11. The maximum atomic E-state index is 13.0. The summed E-state index contributed by atoms with van der Waals surface area (Å²) in [6, 6.07) is 2.43. The fraction of sp³-hybridized carbons (Fsp3) is 0.667. The lowest BCUT2D eigenvalue weighted by Gasteiger charge is -2.36. The first-order valence-corrected chi connectivity index (χ1v) is 10.7. The van der Waals surface area contributed by atoms with Crippen molar-refractivity contribution in [1.29, 1.82) is 0 Å². The number of nitrogens with zero attached hydrogens (tertiary/aromatic N) is 5. The number of hydrogen-bond donors (Lipinski definition) is 0. The van der Waals surface area contributed by atoms with Crippen molar-refractivity contribution in [3.63, 3.8) is 0 Å². The standard InChI is InChI=1S/C21H27F4N5O/c1-13(2)30-19(8-18(28-30)15-10-26-20(27-11-15)21(23,24)25)14-3-4-16(7-14)29-5-6-31-17(9-22)12-29/h8,10-11,13-14,16-17H,3-7,9,12H2,1-2H3/t14-,16?,17+/m0/s1. The first-order valence-electron chi connectivity index (χ1n) is 10.7. The van der Waals surface area contributed by atoms with Gasteiger partial charge in [-0.3, -0.25) is 9.58 Å². The van der Waals surface area contributed by atoms with Crippen LogP contribution in [0.15, 0.2) is 18.5 Å². The van der Waals surface area contributed by atoms with Gasteiger partial charge in [0.05, 0.1) is 18.4 Å². The number of alkyl halides is 4. The number of rotatable bonds is 5. The summed E-state index contributed by atoms with van der Waals surface area (Å²) in [5.74, 6) is -0.869. The number of hydrogen-bond acceptors (Lipinski definition) is 5. The molecule has 2 fully saturated rings. The molecule has 0 amide bonds. The summed E-state index contributed by atoms with van der Waals surface area (Å²) in [4.78, 5) is 9.25. The van der Waals surface area contributed by atoms with Gasteiger partial charge in [0.1, 0.15) is 6.67 Å². The van der Waals surface area contributed by atoms with Crippen LogP contribution in [0.4, 0.5) is 17.6 Å². The highest BCUT2D eigenvalue weighted by Crippen LogP contribution is 2.39. The molecule has 6 nitrogen and oxygen atoms in total. The molecule has 1 aliphatic carbocycles. The molecule has 0 aromatic carbocycles. The van der Waals surface area contributed by atoms with Crippen molar-refractivity contribution >= 4 is 0 Å². The minimum Gasteiger partial charge on any atom is -0.373 e. The van der Waals surface area contributed by atoms with Crippen LogP contribution in [-0.2, 0) is 10.9 Å². The lowest BCUT2D eigenvalue weighted by molar-refractivity contribution is -0.144. The summed E-state index contributed by atoms with van der Waals surface area (Å²) < 4.78 is 58.7. The van der Waals surface area contributed by atoms with Crippen LogP contribution < -0.4 is 0 Å². The molecule has 2 aromatic heterocycles. The van der Waals surface area contributed by atoms with Crippen LogP contribution in [0.3, 0.4) is 0 Å². The van der Waals surface area contributed by atoms with Crippen LogP contribution in [-0.4, -0.2) is 63.2 Å². The van der Waals surface area contributed by atoms with Crippen molar-refractivity contribution in [3.05, 3.63) is 30.0 Å². The Morgan fingerprint density at radius 1 is 1.19 bits per heavy atom. The van der Waals surface area contributed by atoms with Gasteiger partial charge in [0.15, 0.2) is 0 Å². The summed E-state index contributed by atoms with van der Waals surface area (Å²) in [6.07, 6.45) is 0.389. The Morgan fingerprint density at radius 3 is 2.58 bits per heavy atom. The van der Waals surface area contributed by atoms with Gasteiger partial charge in [-0.1, -0.05) is 0 Å². The number of morpholine rings is 1. The third-order valence-corrected chi connectivity index (χ3v) is 6.14.